The van der Waals surface area contributed by atoms with E-state index in [1.54, 1.807) is 0 Å². The summed E-state index contributed by atoms with van der Waals surface area (Å²) in [7, 11) is 0. The number of rotatable bonds is 1. The molecule has 3 rings (SSSR count). The summed E-state index contributed by atoms with van der Waals surface area (Å²) in [4.78, 5) is 16.8. The SMILES string of the molecule is CC(C)N1C[C@@H]2C[C@H](C1)[C@@H]1CCCC(=O)N1C2. The molecular weight excluding hydrogens is 212 g/mol. The number of carbonyl (C=O) groups excluding carboxylic acids is 1. The van der Waals surface area contributed by atoms with Crippen LogP contribution in [0.1, 0.15) is 39.5 Å². The minimum Gasteiger partial charge on any atom is -0.339 e. The number of likely N-dealkylation sites (tertiary alicyclic amines) is 1. The van der Waals surface area contributed by atoms with Crippen molar-refractivity contribution in [3.05, 3.63) is 0 Å². The summed E-state index contributed by atoms with van der Waals surface area (Å²) in [6, 6.07) is 1.22. The largest absolute Gasteiger partial charge is 0.339 e. The van der Waals surface area contributed by atoms with E-state index in [9.17, 15) is 4.79 Å². The van der Waals surface area contributed by atoms with E-state index in [2.05, 4.69) is 23.6 Å². The van der Waals surface area contributed by atoms with Crippen LogP contribution in [0.2, 0.25) is 0 Å². The van der Waals surface area contributed by atoms with Crippen molar-refractivity contribution in [3.8, 4) is 0 Å². The van der Waals surface area contributed by atoms with Crippen molar-refractivity contribution < 1.29 is 4.79 Å². The summed E-state index contributed by atoms with van der Waals surface area (Å²) < 4.78 is 0. The third-order valence-electron chi connectivity index (χ3n) is 4.94. The van der Waals surface area contributed by atoms with Crippen LogP contribution in [0, 0.1) is 11.8 Å². The van der Waals surface area contributed by atoms with Crippen molar-refractivity contribution in [1.82, 2.24) is 9.80 Å². The fourth-order valence-electron chi connectivity index (χ4n) is 4.07. The van der Waals surface area contributed by atoms with E-state index < -0.39 is 0 Å². The minimum absolute atomic E-state index is 0.425. The second-order valence-corrected chi connectivity index (χ2v) is 6.42. The number of fused-ring (bicyclic) bond motifs is 4. The van der Waals surface area contributed by atoms with Crippen molar-refractivity contribution in [1.29, 1.82) is 0 Å². The van der Waals surface area contributed by atoms with Crippen LogP contribution in [0.4, 0.5) is 0 Å². The summed E-state index contributed by atoms with van der Waals surface area (Å²) in [6.45, 7) is 8.03. The second kappa shape index (κ2) is 4.27. The maximum absolute atomic E-state index is 12.0. The lowest BCUT2D eigenvalue weighted by Crippen LogP contribution is -2.61. The molecule has 17 heavy (non-hydrogen) atoms. The van der Waals surface area contributed by atoms with E-state index in [4.69, 9.17) is 0 Å². The highest BCUT2D eigenvalue weighted by molar-refractivity contribution is 5.77. The van der Waals surface area contributed by atoms with Crippen molar-refractivity contribution in [2.75, 3.05) is 19.6 Å². The van der Waals surface area contributed by atoms with Crippen molar-refractivity contribution in [2.24, 2.45) is 11.8 Å². The van der Waals surface area contributed by atoms with E-state index in [1.807, 2.05) is 0 Å². The van der Waals surface area contributed by atoms with Crippen LogP contribution in [-0.2, 0) is 4.79 Å². The topological polar surface area (TPSA) is 23.6 Å². The summed E-state index contributed by atoms with van der Waals surface area (Å²) in [5, 5.41) is 0. The van der Waals surface area contributed by atoms with Gasteiger partial charge >= 0.3 is 0 Å². The Hall–Kier alpha value is -0.570. The van der Waals surface area contributed by atoms with E-state index in [1.165, 1.54) is 25.9 Å². The molecule has 3 atom stereocenters. The van der Waals surface area contributed by atoms with Gasteiger partial charge < -0.3 is 9.80 Å². The molecule has 0 spiro atoms. The first kappa shape index (κ1) is 11.5. The van der Waals surface area contributed by atoms with Gasteiger partial charge in [-0.1, -0.05) is 0 Å². The molecule has 0 aromatic rings. The van der Waals surface area contributed by atoms with Gasteiger partial charge in [-0.05, 0) is 44.9 Å². The fourth-order valence-corrected chi connectivity index (χ4v) is 4.07. The lowest BCUT2D eigenvalue weighted by atomic mass is 9.75. The number of amides is 1. The quantitative estimate of drug-likeness (QED) is 0.692. The van der Waals surface area contributed by atoms with Gasteiger partial charge in [0.25, 0.3) is 0 Å². The average molecular weight is 236 g/mol. The standard InChI is InChI=1S/C14H24N2O/c1-10(2)15-7-11-6-12(9-15)13-4-3-5-14(17)16(13)8-11/h10-13H,3-9H2,1-2H3/t11-,12+,13-/m0/s1. The molecule has 2 bridgehead atoms. The molecule has 0 aliphatic carbocycles. The Morgan fingerprint density at radius 1 is 1.24 bits per heavy atom. The molecule has 3 saturated heterocycles. The number of hydrogen-bond acceptors (Lipinski definition) is 2. The highest BCUT2D eigenvalue weighted by Gasteiger charge is 2.44. The molecule has 0 aromatic heterocycles. The third-order valence-corrected chi connectivity index (χ3v) is 4.94. The molecule has 0 unspecified atom stereocenters. The van der Waals surface area contributed by atoms with Crippen molar-refractivity contribution in [3.63, 3.8) is 0 Å². The van der Waals surface area contributed by atoms with Crippen molar-refractivity contribution >= 4 is 5.91 Å². The van der Waals surface area contributed by atoms with Crippen LogP contribution in [0.5, 0.6) is 0 Å². The molecule has 0 radical (unpaired) electrons. The maximum Gasteiger partial charge on any atom is 0.222 e. The molecule has 96 valence electrons. The first-order valence-corrected chi connectivity index (χ1v) is 7.18. The third kappa shape index (κ3) is 1.99. The first-order chi connectivity index (χ1) is 8.15. The minimum atomic E-state index is 0.425. The van der Waals surface area contributed by atoms with Crippen LogP contribution in [0.15, 0.2) is 0 Å². The summed E-state index contributed by atoms with van der Waals surface area (Å²) >= 11 is 0. The number of nitrogens with zero attached hydrogens (tertiary/aromatic N) is 2. The summed E-state index contributed by atoms with van der Waals surface area (Å²) in [5.74, 6) is 1.90. The Bertz CT molecular complexity index is 315. The second-order valence-electron chi connectivity index (χ2n) is 6.42. The van der Waals surface area contributed by atoms with Gasteiger partial charge in [0.05, 0.1) is 0 Å². The van der Waals surface area contributed by atoms with Gasteiger partial charge in [0.1, 0.15) is 0 Å². The predicted octanol–water partition coefficient (Wildman–Crippen LogP) is 1.73. The molecular formula is C14H24N2O. The highest BCUT2D eigenvalue weighted by Crippen LogP contribution is 2.38. The van der Waals surface area contributed by atoms with Gasteiger partial charge in [0.2, 0.25) is 5.91 Å². The Kier molecular flexibility index (Phi) is 2.89. The molecule has 3 heteroatoms. The zero-order chi connectivity index (χ0) is 12.0. The van der Waals surface area contributed by atoms with E-state index in [0.717, 1.165) is 31.2 Å². The van der Waals surface area contributed by atoms with E-state index >= 15 is 0 Å². The zero-order valence-electron chi connectivity index (χ0n) is 11.1. The van der Waals surface area contributed by atoms with Gasteiger partial charge in [-0.15, -0.1) is 0 Å². The monoisotopic (exact) mass is 236 g/mol. The average Bonchev–Trinajstić information content (AvgIpc) is 2.30. The van der Waals surface area contributed by atoms with Gasteiger partial charge in [0, 0.05) is 38.1 Å². The Labute approximate surface area is 104 Å². The summed E-state index contributed by atoms with van der Waals surface area (Å²) in [5.41, 5.74) is 0. The Balaban J connectivity index is 1.77. The normalized spacial score (nSPS) is 38.4. The number of hydrogen-bond donors (Lipinski definition) is 0. The van der Waals surface area contributed by atoms with Crippen LogP contribution >= 0.6 is 0 Å². The van der Waals surface area contributed by atoms with E-state index in [-0.39, 0.29) is 0 Å². The molecule has 0 N–H and O–H groups in total. The first-order valence-electron chi connectivity index (χ1n) is 7.18. The van der Waals surface area contributed by atoms with Crippen LogP contribution in [-0.4, -0.2) is 47.4 Å². The Morgan fingerprint density at radius 3 is 2.82 bits per heavy atom. The van der Waals surface area contributed by atoms with Crippen molar-refractivity contribution in [2.45, 2.75) is 51.6 Å². The van der Waals surface area contributed by atoms with Gasteiger partial charge in [-0.3, -0.25) is 4.79 Å². The molecule has 0 saturated carbocycles. The molecule has 3 nitrogen and oxygen atoms in total. The molecule has 3 aliphatic heterocycles. The lowest BCUT2D eigenvalue weighted by Gasteiger charge is -2.53. The molecule has 3 aliphatic rings. The van der Waals surface area contributed by atoms with E-state index in [0.29, 0.717) is 18.0 Å². The molecule has 0 aromatic carbocycles. The maximum atomic E-state index is 12.0. The molecule has 3 fully saturated rings. The van der Waals surface area contributed by atoms with Crippen LogP contribution < -0.4 is 0 Å². The predicted molar refractivity (Wildman–Crippen MR) is 67.7 cm³/mol. The van der Waals surface area contributed by atoms with Crippen LogP contribution in [0.3, 0.4) is 0 Å². The fraction of sp³-hybridized carbons (Fsp3) is 0.929. The smallest absolute Gasteiger partial charge is 0.222 e. The van der Waals surface area contributed by atoms with Gasteiger partial charge in [-0.25, -0.2) is 0 Å². The molecule has 1 amide bonds. The zero-order valence-corrected chi connectivity index (χ0v) is 11.1. The van der Waals surface area contributed by atoms with Gasteiger partial charge in [-0.2, -0.15) is 0 Å². The lowest BCUT2D eigenvalue weighted by molar-refractivity contribution is -0.145. The van der Waals surface area contributed by atoms with Gasteiger partial charge in [0.15, 0.2) is 0 Å². The highest BCUT2D eigenvalue weighted by atomic mass is 16.2. The number of piperidine rings is 3. The Morgan fingerprint density at radius 2 is 2.06 bits per heavy atom. The number of carbonyl (C=O) groups is 1. The summed E-state index contributed by atoms with van der Waals surface area (Å²) in [6.07, 6.45) is 4.51. The molecule has 3 heterocycles. The van der Waals surface area contributed by atoms with Crippen LogP contribution in [0.25, 0.3) is 0 Å².